The molecule has 1 N–H and O–H groups in total. The fraction of sp³-hybridized carbons (Fsp3) is 0.0667. The monoisotopic (exact) mass is 386 g/mol. The Balaban J connectivity index is 1.98. The number of nitro groups is 1. The molecule has 2 aromatic rings. The minimum Gasteiger partial charge on any atom is -0.452 e. The fourth-order valence-corrected chi connectivity index (χ4v) is 2.34. The number of halogens is 3. The van der Waals surface area contributed by atoms with E-state index in [9.17, 15) is 24.1 Å². The normalized spacial score (nSPS) is 10.2. The molecule has 7 nitrogen and oxygen atoms in total. The van der Waals surface area contributed by atoms with Gasteiger partial charge in [0.1, 0.15) is 0 Å². The molecule has 0 saturated heterocycles. The van der Waals surface area contributed by atoms with Gasteiger partial charge in [-0.05, 0) is 30.3 Å². The van der Waals surface area contributed by atoms with Crippen LogP contribution in [0.1, 0.15) is 10.4 Å². The van der Waals surface area contributed by atoms with Gasteiger partial charge in [0.2, 0.25) is 5.82 Å². The third kappa shape index (κ3) is 5.13. The Morgan fingerprint density at radius 1 is 1.16 bits per heavy atom. The molecule has 0 bridgehead atoms. The maximum absolute atomic E-state index is 13.2. The van der Waals surface area contributed by atoms with Gasteiger partial charge in [0, 0.05) is 21.8 Å². The number of nitrogens with one attached hydrogen (secondary N) is 1. The second-order valence-electron chi connectivity index (χ2n) is 4.71. The molecule has 2 aromatic carbocycles. The number of carbonyl (C=O) groups excluding carboxylic acids is 2. The molecule has 0 fully saturated rings. The number of benzene rings is 2. The van der Waals surface area contributed by atoms with Gasteiger partial charge in [0.25, 0.3) is 5.91 Å². The first kappa shape index (κ1) is 18.6. The lowest BCUT2D eigenvalue weighted by atomic mass is 10.2. The van der Waals surface area contributed by atoms with Gasteiger partial charge in [0.05, 0.1) is 10.5 Å². The first-order valence-corrected chi connectivity index (χ1v) is 7.39. The standard InChI is InChI=1S/C15H9Cl2FN2O5/c16-9-3-8(4-10(17)5-9)15(22)25-7-14(21)19-11-1-2-12(18)13(6-11)20(23)24/h1-6H,7H2,(H,19,21). The largest absolute Gasteiger partial charge is 0.452 e. The van der Waals surface area contributed by atoms with E-state index < -0.39 is 34.9 Å². The Hall–Kier alpha value is -2.71. The summed E-state index contributed by atoms with van der Waals surface area (Å²) in [5, 5.41) is 13.4. The fourth-order valence-electron chi connectivity index (χ4n) is 1.81. The van der Waals surface area contributed by atoms with Crippen LogP contribution in [-0.2, 0) is 9.53 Å². The van der Waals surface area contributed by atoms with Crippen LogP contribution in [0.15, 0.2) is 36.4 Å². The molecule has 10 heteroatoms. The first-order valence-electron chi connectivity index (χ1n) is 6.63. The van der Waals surface area contributed by atoms with Gasteiger partial charge < -0.3 is 10.1 Å². The summed E-state index contributed by atoms with van der Waals surface area (Å²) in [5.41, 5.74) is -0.744. The van der Waals surface area contributed by atoms with E-state index in [2.05, 4.69) is 5.32 Å². The summed E-state index contributed by atoms with van der Waals surface area (Å²) in [6.45, 7) is -0.659. The minimum absolute atomic E-state index is 0.0139. The summed E-state index contributed by atoms with van der Waals surface area (Å²) in [5.74, 6) is -2.63. The molecule has 25 heavy (non-hydrogen) atoms. The molecule has 0 spiro atoms. The zero-order valence-corrected chi connectivity index (χ0v) is 13.8. The Morgan fingerprint density at radius 3 is 2.40 bits per heavy atom. The van der Waals surface area contributed by atoms with Crippen LogP contribution in [0, 0.1) is 15.9 Å². The zero-order valence-electron chi connectivity index (χ0n) is 12.3. The Labute approximate surface area is 150 Å². The second kappa shape index (κ2) is 7.91. The van der Waals surface area contributed by atoms with Crippen LogP contribution >= 0.6 is 23.2 Å². The summed E-state index contributed by atoms with van der Waals surface area (Å²) in [7, 11) is 0. The van der Waals surface area contributed by atoms with Crippen molar-refractivity contribution in [2.45, 2.75) is 0 Å². The van der Waals surface area contributed by atoms with Crippen molar-refractivity contribution in [2.75, 3.05) is 11.9 Å². The number of anilines is 1. The number of nitrogens with zero attached hydrogens (tertiary/aromatic N) is 1. The second-order valence-corrected chi connectivity index (χ2v) is 5.58. The van der Waals surface area contributed by atoms with E-state index in [1.807, 2.05) is 0 Å². The number of hydrogen-bond acceptors (Lipinski definition) is 5. The highest BCUT2D eigenvalue weighted by atomic mass is 35.5. The maximum atomic E-state index is 13.2. The summed E-state index contributed by atoms with van der Waals surface area (Å²) >= 11 is 11.5. The molecule has 0 unspecified atom stereocenters. The molecule has 0 saturated carbocycles. The third-order valence-corrected chi connectivity index (χ3v) is 3.30. The average Bonchev–Trinajstić information content (AvgIpc) is 2.53. The van der Waals surface area contributed by atoms with E-state index in [1.165, 1.54) is 18.2 Å². The summed E-state index contributed by atoms with van der Waals surface area (Å²) in [4.78, 5) is 33.3. The van der Waals surface area contributed by atoms with E-state index >= 15 is 0 Å². The van der Waals surface area contributed by atoms with E-state index in [0.29, 0.717) is 0 Å². The molecule has 0 atom stereocenters. The summed E-state index contributed by atoms with van der Waals surface area (Å²) in [6, 6.07) is 6.89. The van der Waals surface area contributed by atoms with Gasteiger partial charge in [-0.2, -0.15) is 4.39 Å². The molecule has 0 heterocycles. The Bertz CT molecular complexity index is 840. The van der Waals surface area contributed by atoms with E-state index in [-0.39, 0.29) is 21.3 Å². The highest BCUT2D eigenvalue weighted by Crippen LogP contribution is 2.22. The molecule has 0 aliphatic carbocycles. The maximum Gasteiger partial charge on any atom is 0.338 e. The predicted molar refractivity (Wildman–Crippen MR) is 88.4 cm³/mol. The van der Waals surface area contributed by atoms with Crippen LogP contribution in [0.4, 0.5) is 15.8 Å². The number of amides is 1. The molecular weight excluding hydrogens is 378 g/mol. The van der Waals surface area contributed by atoms with Crippen LogP contribution in [-0.4, -0.2) is 23.4 Å². The lowest BCUT2D eigenvalue weighted by Gasteiger charge is -2.07. The summed E-state index contributed by atoms with van der Waals surface area (Å²) in [6.07, 6.45) is 0. The predicted octanol–water partition coefficient (Wildman–Crippen LogP) is 3.84. The highest BCUT2D eigenvalue weighted by Gasteiger charge is 2.16. The molecule has 2 rings (SSSR count). The van der Waals surface area contributed by atoms with Gasteiger partial charge in [0.15, 0.2) is 6.61 Å². The number of ether oxygens (including phenoxy) is 1. The van der Waals surface area contributed by atoms with Crippen molar-refractivity contribution in [1.29, 1.82) is 0 Å². The van der Waals surface area contributed by atoms with Crippen molar-refractivity contribution < 1.29 is 23.6 Å². The van der Waals surface area contributed by atoms with Crippen LogP contribution < -0.4 is 5.32 Å². The van der Waals surface area contributed by atoms with E-state index in [4.69, 9.17) is 27.9 Å². The van der Waals surface area contributed by atoms with Crippen molar-refractivity contribution in [3.8, 4) is 0 Å². The minimum atomic E-state index is -1.03. The lowest BCUT2D eigenvalue weighted by molar-refractivity contribution is -0.387. The van der Waals surface area contributed by atoms with E-state index in [1.54, 1.807) is 0 Å². The van der Waals surface area contributed by atoms with Gasteiger partial charge >= 0.3 is 11.7 Å². The van der Waals surface area contributed by atoms with Crippen LogP contribution in [0.3, 0.4) is 0 Å². The van der Waals surface area contributed by atoms with Gasteiger partial charge in [-0.15, -0.1) is 0 Å². The zero-order chi connectivity index (χ0) is 18.6. The topological polar surface area (TPSA) is 98.5 Å². The molecule has 1 amide bonds. The van der Waals surface area contributed by atoms with Crippen LogP contribution in [0.5, 0.6) is 0 Å². The number of esters is 1. The molecule has 130 valence electrons. The smallest absolute Gasteiger partial charge is 0.338 e. The number of hydrogen-bond donors (Lipinski definition) is 1. The number of nitro benzene ring substituents is 1. The average molecular weight is 387 g/mol. The molecular formula is C15H9Cl2FN2O5. The summed E-state index contributed by atoms with van der Waals surface area (Å²) < 4.78 is 18.0. The molecule has 0 radical (unpaired) electrons. The SMILES string of the molecule is O=C(COC(=O)c1cc(Cl)cc(Cl)c1)Nc1ccc(F)c([N+](=O)[O-])c1. The molecule has 0 aromatic heterocycles. The molecule has 0 aliphatic heterocycles. The van der Waals surface area contributed by atoms with Crippen LogP contribution in [0.25, 0.3) is 0 Å². The van der Waals surface area contributed by atoms with Crippen molar-refractivity contribution in [3.05, 3.63) is 67.9 Å². The number of rotatable bonds is 5. The first-order chi connectivity index (χ1) is 11.8. The Kier molecular flexibility index (Phi) is 5.89. The van der Waals surface area contributed by atoms with Crippen LogP contribution in [0.2, 0.25) is 10.0 Å². The van der Waals surface area contributed by atoms with E-state index in [0.717, 1.165) is 18.2 Å². The van der Waals surface area contributed by atoms with Gasteiger partial charge in [-0.3, -0.25) is 14.9 Å². The lowest BCUT2D eigenvalue weighted by Crippen LogP contribution is -2.21. The van der Waals surface area contributed by atoms with Crippen molar-refractivity contribution in [3.63, 3.8) is 0 Å². The number of carbonyl (C=O) groups is 2. The van der Waals surface area contributed by atoms with Gasteiger partial charge in [-0.1, -0.05) is 23.2 Å². The molecule has 0 aliphatic rings. The van der Waals surface area contributed by atoms with Crippen molar-refractivity contribution >= 4 is 46.5 Å². The van der Waals surface area contributed by atoms with Gasteiger partial charge in [-0.25, -0.2) is 4.79 Å². The third-order valence-electron chi connectivity index (χ3n) is 2.86. The highest BCUT2D eigenvalue weighted by molar-refractivity contribution is 6.35. The van der Waals surface area contributed by atoms with Crippen molar-refractivity contribution in [1.82, 2.24) is 0 Å². The quantitative estimate of drug-likeness (QED) is 0.478. The Morgan fingerprint density at radius 2 is 1.80 bits per heavy atom. The van der Waals surface area contributed by atoms with Crippen molar-refractivity contribution in [2.24, 2.45) is 0 Å².